The Morgan fingerprint density at radius 2 is 1.93 bits per heavy atom. The molecule has 6 nitrogen and oxygen atoms in total. The third-order valence-electron chi connectivity index (χ3n) is 5.69. The molecule has 0 bridgehead atoms. The summed E-state index contributed by atoms with van der Waals surface area (Å²) in [6, 6.07) is 10.2. The number of aromatic nitrogens is 2. The molecule has 2 heterocycles. The molecule has 1 atom stereocenters. The summed E-state index contributed by atoms with van der Waals surface area (Å²) in [5.74, 6) is 0.256. The van der Waals surface area contributed by atoms with Gasteiger partial charge in [0.25, 0.3) is 0 Å². The minimum absolute atomic E-state index is 0.0247. The Bertz CT molecular complexity index is 870. The third-order valence-corrected chi connectivity index (χ3v) is 5.69. The van der Waals surface area contributed by atoms with E-state index in [1.807, 2.05) is 37.7 Å². The lowest BCUT2D eigenvalue weighted by molar-refractivity contribution is -0.134. The number of anilines is 1. The maximum absolute atomic E-state index is 12.8. The number of amides is 2. The fourth-order valence-corrected chi connectivity index (χ4v) is 3.94. The number of aryl methyl sites for hydroxylation is 3. The zero-order valence-corrected chi connectivity index (χ0v) is 18.2. The highest BCUT2D eigenvalue weighted by Crippen LogP contribution is 2.27. The van der Waals surface area contributed by atoms with Crippen molar-refractivity contribution in [3.05, 3.63) is 47.3 Å². The molecule has 0 spiro atoms. The van der Waals surface area contributed by atoms with Gasteiger partial charge in [0.15, 0.2) is 0 Å². The van der Waals surface area contributed by atoms with Crippen LogP contribution in [-0.4, -0.2) is 46.6 Å². The number of benzene rings is 1. The lowest BCUT2D eigenvalue weighted by Gasteiger charge is -2.22. The van der Waals surface area contributed by atoms with Crippen LogP contribution in [0.1, 0.15) is 49.6 Å². The number of hydrogen-bond acceptors (Lipinski definition) is 3. The molecular formula is C23H32N4O2. The van der Waals surface area contributed by atoms with Gasteiger partial charge in [-0.1, -0.05) is 26.0 Å². The zero-order valence-electron chi connectivity index (χ0n) is 18.2. The van der Waals surface area contributed by atoms with Gasteiger partial charge in [0.05, 0.1) is 11.6 Å². The molecule has 1 aromatic heterocycles. The molecule has 0 N–H and O–H groups in total. The first-order valence-electron chi connectivity index (χ1n) is 10.4. The maximum atomic E-state index is 12.8. The van der Waals surface area contributed by atoms with E-state index in [-0.39, 0.29) is 24.2 Å². The summed E-state index contributed by atoms with van der Waals surface area (Å²) >= 11 is 0. The van der Waals surface area contributed by atoms with E-state index in [1.165, 1.54) is 5.56 Å². The SMILES string of the molecule is Cc1cc(C)n(CCCN(C)C(=O)C2CC(=O)N(c3ccc(C(C)C)cc3)C2)n1. The van der Waals surface area contributed by atoms with Gasteiger partial charge in [-0.3, -0.25) is 14.3 Å². The molecule has 1 unspecified atom stereocenters. The maximum Gasteiger partial charge on any atom is 0.227 e. The van der Waals surface area contributed by atoms with Crippen LogP contribution in [0, 0.1) is 19.8 Å². The molecule has 1 aliphatic rings. The van der Waals surface area contributed by atoms with E-state index < -0.39 is 0 Å². The van der Waals surface area contributed by atoms with Crippen molar-refractivity contribution >= 4 is 17.5 Å². The topological polar surface area (TPSA) is 58.4 Å². The van der Waals surface area contributed by atoms with Gasteiger partial charge < -0.3 is 9.80 Å². The Labute approximate surface area is 173 Å². The Balaban J connectivity index is 1.54. The van der Waals surface area contributed by atoms with Crippen LogP contribution in [0.25, 0.3) is 0 Å². The lowest BCUT2D eigenvalue weighted by atomic mass is 10.0. The number of nitrogens with zero attached hydrogens (tertiary/aromatic N) is 4. The molecule has 2 aromatic rings. The minimum Gasteiger partial charge on any atom is -0.345 e. The normalized spacial score (nSPS) is 16.7. The summed E-state index contributed by atoms with van der Waals surface area (Å²) in [4.78, 5) is 28.9. The van der Waals surface area contributed by atoms with Crippen LogP contribution >= 0.6 is 0 Å². The van der Waals surface area contributed by atoms with Gasteiger partial charge in [0, 0.05) is 44.5 Å². The Morgan fingerprint density at radius 3 is 2.52 bits per heavy atom. The van der Waals surface area contributed by atoms with Crippen molar-refractivity contribution in [3.8, 4) is 0 Å². The summed E-state index contributed by atoms with van der Waals surface area (Å²) in [7, 11) is 1.83. The van der Waals surface area contributed by atoms with Crippen LogP contribution in [0.4, 0.5) is 5.69 Å². The van der Waals surface area contributed by atoms with Gasteiger partial charge in [-0.2, -0.15) is 5.10 Å². The second-order valence-corrected chi connectivity index (χ2v) is 8.42. The van der Waals surface area contributed by atoms with E-state index in [0.717, 1.165) is 30.0 Å². The molecule has 1 aromatic carbocycles. The second kappa shape index (κ2) is 8.80. The van der Waals surface area contributed by atoms with Crippen molar-refractivity contribution in [1.82, 2.24) is 14.7 Å². The number of carbonyl (C=O) groups is 2. The van der Waals surface area contributed by atoms with Gasteiger partial charge in [-0.05, 0) is 49.9 Å². The number of rotatable bonds is 7. The van der Waals surface area contributed by atoms with Gasteiger partial charge >= 0.3 is 0 Å². The average Bonchev–Trinajstić information content (AvgIpc) is 3.22. The average molecular weight is 397 g/mol. The molecule has 1 fully saturated rings. The highest BCUT2D eigenvalue weighted by molar-refractivity contribution is 6.00. The summed E-state index contributed by atoms with van der Waals surface area (Å²) in [5.41, 5.74) is 4.27. The summed E-state index contributed by atoms with van der Waals surface area (Å²) < 4.78 is 1.98. The fourth-order valence-electron chi connectivity index (χ4n) is 3.94. The Hall–Kier alpha value is -2.63. The van der Waals surface area contributed by atoms with Crippen molar-refractivity contribution in [3.63, 3.8) is 0 Å². The monoisotopic (exact) mass is 396 g/mol. The summed E-state index contributed by atoms with van der Waals surface area (Å²) in [6.45, 7) is 10.2. The van der Waals surface area contributed by atoms with Crippen LogP contribution in [-0.2, 0) is 16.1 Å². The van der Waals surface area contributed by atoms with E-state index in [9.17, 15) is 9.59 Å². The highest BCUT2D eigenvalue weighted by atomic mass is 16.2. The first-order chi connectivity index (χ1) is 13.8. The van der Waals surface area contributed by atoms with Crippen LogP contribution in [0.15, 0.2) is 30.3 Å². The van der Waals surface area contributed by atoms with Crippen LogP contribution in [0.3, 0.4) is 0 Å². The predicted molar refractivity (Wildman–Crippen MR) is 115 cm³/mol. The molecular weight excluding hydrogens is 364 g/mol. The standard InChI is InChI=1S/C23H32N4O2/c1-16(2)19-7-9-21(10-8-19)26-15-20(14-22(26)28)23(29)25(5)11-6-12-27-18(4)13-17(3)24-27/h7-10,13,16,20H,6,11-12,14-15H2,1-5H3. The van der Waals surface area contributed by atoms with Gasteiger partial charge in [0.2, 0.25) is 11.8 Å². The first kappa shape index (κ1) is 21.1. The molecule has 0 radical (unpaired) electrons. The van der Waals surface area contributed by atoms with Crippen molar-refractivity contribution in [2.75, 3.05) is 25.0 Å². The van der Waals surface area contributed by atoms with Crippen molar-refractivity contribution in [1.29, 1.82) is 0 Å². The van der Waals surface area contributed by atoms with Crippen LogP contribution in [0.5, 0.6) is 0 Å². The van der Waals surface area contributed by atoms with E-state index in [2.05, 4.69) is 37.1 Å². The van der Waals surface area contributed by atoms with E-state index >= 15 is 0 Å². The molecule has 29 heavy (non-hydrogen) atoms. The highest BCUT2D eigenvalue weighted by Gasteiger charge is 2.36. The molecule has 6 heteroatoms. The minimum atomic E-state index is -0.272. The van der Waals surface area contributed by atoms with Crippen LogP contribution < -0.4 is 4.90 Å². The fraction of sp³-hybridized carbons (Fsp3) is 0.522. The molecule has 2 amide bonds. The lowest BCUT2D eigenvalue weighted by Crippen LogP contribution is -2.35. The number of hydrogen-bond donors (Lipinski definition) is 0. The predicted octanol–water partition coefficient (Wildman–Crippen LogP) is 3.52. The van der Waals surface area contributed by atoms with Crippen LogP contribution in [0.2, 0.25) is 0 Å². The van der Waals surface area contributed by atoms with Gasteiger partial charge in [-0.15, -0.1) is 0 Å². The Morgan fingerprint density at radius 1 is 1.24 bits per heavy atom. The second-order valence-electron chi connectivity index (χ2n) is 8.42. The van der Waals surface area contributed by atoms with E-state index in [1.54, 1.807) is 9.80 Å². The summed E-state index contributed by atoms with van der Waals surface area (Å²) in [5, 5.41) is 4.46. The Kier molecular flexibility index (Phi) is 6.40. The summed E-state index contributed by atoms with van der Waals surface area (Å²) in [6.07, 6.45) is 1.12. The molecule has 1 aliphatic heterocycles. The van der Waals surface area contributed by atoms with Gasteiger partial charge in [-0.25, -0.2) is 0 Å². The first-order valence-corrected chi connectivity index (χ1v) is 10.4. The molecule has 156 valence electrons. The zero-order chi connectivity index (χ0) is 21.1. The molecule has 0 aliphatic carbocycles. The smallest absolute Gasteiger partial charge is 0.227 e. The van der Waals surface area contributed by atoms with Crippen molar-refractivity contribution in [2.24, 2.45) is 5.92 Å². The number of carbonyl (C=O) groups excluding carboxylic acids is 2. The van der Waals surface area contributed by atoms with Gasteiger partial charge in [0.1, 0.15) is 0 Å². The largest absolute Gasteiger partial charge is 0.345 e. The molecule has 0 saturated carbocycles. The van der Waals surface area contributed by atoms with Crippen molar-refractivity contribution < 1.29 is 9.59 Å². The third kappa shape index (κ3) is 4.86. The molecule has 3 rings (SSSR count). The molecule has 1 saturated heterocycles. The quantitative estimate of drug-likeness (QED) is 0.719. The van der Waals surface area contributed by atoms with Crippen molar-refractivity contribution in [2.45, 2.75) is 53.0 Å². The van der Waals surface area contributed by atoms with E-state index in [0.29, 0.717) is 19.0 Å². The van der Waals surface area contributed by atoms with E-state index in [4.69, 9.17) is 0 Å².